The Morgan fingerprint density at radius 3 is 2.04 bits per heavy atom. The molecule has 0 saturated heterocycles. The molecule has 252 valence electrons. The van der Waals surface area contributed by atoms with Crippen molar-refractivity contribution in [3.8, 4) is 33.4 Å². The van der Waals surface area contributed by atoms with Crippen molar-refractivity contribution in [3.05, 3.63) is 205 Å². The van der Waals surface area contributed by atoms with Gasteiger partial charge in [-0.15, -0.1) is 0 Å². The van der Waals surface area contributed by atoms with Crippen molar-refractivity contribution < 1.29 is 4.42 Å². The van der Waals surface area contributed by atoms with Crippen LogP contribution in [-0.4, -0.2) is 0 Å². The van der Waals surface area contributed by atoms with Crippen molar-refractivity contribution in [3.63, 3.8) is 0 Å². The van der Waals surface area contributed by atoms with Crippen LogP contribution in [0.5, 0.6) is 0 Å². The molecule has 8 aromatic rings. The van der Waals surface area contributed by atoms with Gasteiger partial charge >= 0.3 is 0 Å². The average Bonchev–Trinajstić information content (AvgIpc) is 3.61. The smallest absolute Gasteiger partial charge is 0.143 e. The largest absolute Gasteiger partial charge is 0.455 e. The normalized spacial score (nSPS) is 16.5. The van der Waals surface area contributed by atoms with Crippen molar-refractivity contribution in [1.29, 1.82) is 0 Å². The summed E-state index contributed by atoms with van der Waals surface area (Å²) < 4.78 is 6.65. The second kappa shape index (κ2) is 12.5. The lowest BCUT2D eigenvalue weighted by Crippen LogP contribution is -2.34. The number of fused-ring (bicyclic) bond motifs is 6. The molecule has 2 aliphatic carbocycles. The van der Waals surface area contributed by atoms with Gasteiger partial charge in [0.25, 0.3) is 0 Å². The number of para-hydroxylation sites is 2. The van der Waals surface area contributed by atoms with Crippen molar-refractivity contribution in [2.45, 2.75) is 13.3 Å². The molecular weight excluding hydrogens is 643 g/mol. The quantitative estimate of drug-likeness (QED) is 0.174. The Morgan fingerprint density at radius 2 is 1.23 bits per heavy atom. The zero-order valence-corrected chi connectivity index (χ0v) is 29.5. The van der Waals surface area contributed by atoms with Gasteiger partial charge in [-0.1, -0.05) is 158 Å². The van der Waals surface area contributed by atoms with Gasteiger partial charge in [-0.3, -0.25) is 0 Å². The Hall–Kier alpha value is -6.64. The molecule has 1 heterocycles. The maximum Gasteiger partial charge on any atom is 0.143 e. The number of hydrogen-bond donors (Lipinski definition) is 0. The average molecular weight is 680 g/mol. The Morgan fingerprint density at radius 1 is 0.547 bits per heavy atom. The van der Waals surface area contributed by atoms with Gasteiger partial charge in [0.1, 0.15) is 11.2 Å². The first-order chi connectivity index (χ1) is 26.2. The summed E-state index contributed by atoms with van der Waals surface area (Å²) in [7, 11) is 0. The molecule has 1 atom stereocenters. The molecule has 0 saturated carbocycles. The van der Waals surface area contributed by atoms with E-state index in [9.17, 15) is 0 Å². The fourth-order valence-electron chi connectivity index (χ4n) is 8.39. The first-order valence-corrected chi connectivity index (χ1v) is 18.4. The van der Waals surface area contributed by atoms with E-state index in [1.54, 1.807) is 0 Å². The van der Waals surface area contributed by atoms with Crippen LogP contribution < -0.4 is 4.90 Å². The van der Waals surface area contributed by atoms with Gasteiger partial charge in [0.05, 0.1) is 5.69 Å². The minimum Gasteiger partial charge on any atom is -0.455 e. The van der Waals surface area contributed by atoms with Crippen molar-refractivity contribution in [1.82, 2.24) is 0 Å². The van der Waals surface area contributed by atoms with E-state index < -0.39 is 0 Å². The topological polar surface area (TPSA) is 16.4 Å². The van der Waals surface area contributed by atoms with E-state index in [0.717, 1.165) is 61.6 Å². The van der Waals surface area contributed by atoms with E-state index >= 15 is 0 Å². The molecule has 0 radical (unpaired) electrons. The van der Waals surface area contributed by atoms with E-state index in [-0.39, 0.29) is 5.41 Å². The molecule has 10 rings (SSSR count). The summed E-state index contributed by atoms with van der Waals surface area (Å²) in [5, 5.41) is 4.57. The fourth-order valence-corrected chi connectivity index (χ4v) is 8.39. The lowest BCUT2D eigenvalue weighted by atomic mass is 9.70. The molecular formula is C51H37NO. The summed E-state index contributed by atoms with van der Waals surface area (Å²) in [6.45, 7) is 2.38. The van der Waals surface area contributed by atoms with E-state index in [0.29, 0.717) is 0 Å². The van der Waals surface area contributed by atoms with Crippen molar-refractivity contribution in [2.24, 2.45) is 5.41 Å². The highest BCUT2D eigenvalue weighted by Gasteiger charge is 2.38. The first-order valence-electron chi connectivity index (χ1n) is 18.4. The van der Waals surface area contributed by atoms with Gasteiger partial charge in [0, 0.05) is 38.5 Å². The predicted molar refractivity (Wildman–Crippen MR) is 223 cm³/mol. The zero-order chi connectivity index (χ0) is 35.4. The molecule has 2 nitrogen and oxygen atoms in total. The summed E-state index contributed by atoms with van der Waals surface area (Å²) in [4.78, 5) is 2.49. The number of benzene rings is 7. The minimum atomic E-state index is -0.201. The van der Waals surface area contributed by atoms with Crippen LogP contribution in [0.1, 0.15) is 13.3 Å². The van der Waals surface area contributed by atoms with Gasteiger partial charge in [-0.2, -0.15) is 0 Å². The number of allylic oxidation sites excluding steroid dienone is 7. The van der Waals surface area contributed by atoms with Gasteiger partial charge in [0.2, 0.25) is 0 Å². The lowest BCUT2D eigenvalue weighted by Gasteiger charge is -2.43. The Balaban J connectivity index is 1.14. The number of hydrogen-bond acceptors (Lipinski definition) is 2. The highest BCUT2D eigenvalue weighted by Crippen LogP contribution is 2.51. The maximum absolute atomic E-state index is 6.65. The zero-order valence-electron chi connectivity index (χ0n) is 29.5. The molecule has 1 aromatic heterocycles. The molecule has 0 N–H and O–H groups in total. The molecule has 0 fully saturated rings. The highest BCUT2D eigenvalue weighted by molar-refractivity contribution is 6.19. The Bertz CT molecular complexity index is 2800. The van der Waals surface area contributed by atoms with Crippen LogP contribution in [0, 0.1) is 5.41 Å². The number of anilines is 2. The molecule has 2 aliphatic rings. The summed E-state index contributed by atoms with van der Waals surface area (Å²) in [6.07, 6.45) is 14.5. The van der Waals surface area contributed by atoms with Crippen molar-refractivity contribution in [2.75, 3.05) is 4.90 Å². The summed E-state index contributed by atoms with van der Waals surface area (Å²) in [6, 6.07) is 56.8. The van der Waals surface area contributed by atoms with Crippen molar-refractivity contribution >= 4 is 44.1 Å². The summed E-state index contributed by atoms with van der Waals surface area (Å²) >= 11 is 0. The standard InChI is InChI=1S/C51H37NO/c1-51-34-10-9-16-40(51)17-12-23-48(51)52(41-31-28-38(29-32-41)37-26-24-36(25-27-37)35-13-3-2-4-14-35)46-21-7-5-18-42(46)44-20-11-15-39-30-33-45-43-19-6-8-22-47(43)53-50(45)49(39)44/h2-33H,34H2,1H3. The monoisotopic (exact) mass is 679 g/mol. The molecule has 0 spiro atoms. The highest BCUT2D eigenvalue weighted by atomic mass is 16.3. The van der Waals surface area contributed by atoms with Crippen LogP contribution in [0.15, 0.2) is 210 Å². The first kappa shape index (κ1) is 31.1. The fraction of sp³-hybridized carbons (Fsp3) is 0.0588. The number of rotatable bonds is 6. The van der Waals surface area contributed by atoms with Gasteiger partial charge in [0.15, 0.2) is 0 Å². The molecule has 0 aliphatic heterocycles. The minimum absolute atomic E-state index is 0.201. The van der Waals surface area contributed by atoms with Gasteiger partial charge < -0.3 is 9.32 Å². The molecule has 1 unspecified atom stereocenters. The molecule has 2 heteroatoms. The second-order valence-corrected chi connectivity index (χ2v) is 14.3. The van der Waals surface area contributed by atoms with Gasteiger partial charge in [-0.05, 0) is 88.5 Å². The SMILES string of the molecule is CC12CC=CC=C1C=CC=C2N(c1ccc(-c2ccc(-c3ccccc3)cc2)cc1)c1ccccc1-c1cccc2ccc3c4ccccc4oc3c12. The van der Waals surface area contributed by atoms with E-state index in [4.69, 9.17) is 4.42 Å². The van der Waals surface area contributed by atoms with E-state index in [2.05, 4.69) is 200 Å². The summed E-state index contributed by atoms with van der Waals surface area (Å²) in [5.74, 6) is 0. The van der Waals surface area contributed by atoms with Crippen LogP contribution in [0.3, 0.4) is 0 Å². The third-order valence-electron chi connectivity index (χ3n) is 11.2. The Labute approximate surface area is 310 Å². The number of furan rings is 1. The van der Waals surface area contributed by atoms with Crippen LogP contribution >= 0.6 is 0 Å². The van der Waals surface area contributed by atoms with Gasteiger partial charge in [-0.25, -0.2) is 0 Å². The maximum atomic E-state index is 6.65. The van der Waals surface area contributed by atoms with Crippen LogP contribution in [0.2, 0.25) is 0 Å². The molecule has 0 bridgehead atoms. The Kier molecular flexibility index (Phi) is 7.37. The third-order valence-corrected chi connectivity index (χ3v) is 11.2. The molecule has 53 heavy (non-hydrogen) atoms. The second-order valence-electron chi connectivity index (χ2n) is 14.3. The van der Waals surface area contributed by atoms with Crippen LogP contribution in [-0.2, 0) is 0 Å². The molecule has 7 aromatic carbocycles. The van der Waals surface area contributed by atoms with Crippen LogP contribution in [0.4, 0.5) is 11.4 Å². The van der Waals surface area contributed by atoms with E-state index in [1.807, 2.05) is 6.07 Å². The van der Waals surface area contributed by atoms with Crippen LogP contribution in [0.25, 0.3) is 66.1 Å². The molecule has 0 amide bonds. The summed E-state index contributed by atoms with van der Waals surface area (Å²) in [5.41, 5.74) is 13.6. The number of nitrogens with zero attached hydrogens (tertiary/aromatic N) is 1. The van der Waals surface area contributed by atoms with E-state index in [1.165, 1.54) is 33.5 Å². The lowest BCUT2D eigenvalue weighted by molar-refractivity contribution is 0.481. The third kappa shape index (κ3) is 5.18. The predicted octanol–water partition coefficient (Wildman–Crippen LogP) is 14.2.